The molecule has 1 aromatic rings. The number of aryl methyl sites for hydroxylation is 1. The second kappa shape index (κ2) is 5.09. The summed E-state index contributed by atoms with van der Waals surface area (Å²) in [5.74, 6) is 0. The van der Waals surface area contributed by atoms with Crippen molar-refractivity contribution in [2.24, 2.45) is 0 Å². The number of hydrogen-bond donors (Lipinski definition) is 2. The van der Waals surface area contributed by atoms with E-state index in [1.54, 1.807) is 13.8 Å². The van der Waals surface area contributed by atoms with Gasteiger partial charge >= 0.3 is 0 Å². The van der Waals surface area contributed by atoms with Crippen LogP contribution in [0.2, 0.25) is 0 Å². The Morgan fingerprint density at radius 1 is 1.28 bits per heavy atom. The van der Waals surface area contributed by atoms with Crippen LogP contribution in [0.25, 0.3) is 0 Å². The Morgan fingerprint density at radius 2 is 1.89 bits per heavy atom. The van der Waals surface area contributed by atoms with Gasteiger partial charge in [-0.15, -0.1) is 0 Å². The maximum absolute atomic E-state index is 10.1. The summed E-state index contributed by atoms with van der Waals surface area (Å²) in [5, 5.41) is 22.3. The molecule has 1 rings (SSSR count). The van der Waals surface area contributed by atoms with Gasteiger partial charge in [0.05, 0.1) is 17.2 Å². The summed E-state index contributed by atoms with van der Waals surface area (Å²) in [5.41, 5.74) is 1.73. The largest absolute Gasteiger partial charge is 0.389 e. The number of nitrogens with zero attached hydrogens (tertiary/aromatic N) is 1. The van der Waals surface area contributed by atoms with Crippen LogP contribution in [0, 0.1) is 18.3 Å². The molecule has 0 atom stereocenters. The second-order valence-corrected chi connectivity index (χ2v) is 5.79. The first-order chi connectivity index (χ1) is 8.17. The molecule has 0 fully saturated rings. The molecule has 2 N–H and O–H groups in total. The molecule has 1 aromatic carbocycles. The number of nitriles is 1. The molecule has 3 heteroatoms. The molecule has 0 aliphatic heterocycles. The van der Waals surface area contributed by atoms with Gasteiger partial charge in [-0.1, -0.05) is 6.07 Å². The van der Waals surface area contributed by atoms with E-state index in [-0.39, 0.29) is 5.54 Å². The van der Waals surface area contributed by atoms with E-state index in [4.69, 9.17) is 5.26 Å². The Morgan fingerprint density at radius 3 is 2.33 bits per heavy atom. The zero-order valence-electron chi connectivity index (χ0n) is 11.8. The SMILES string of the molecule is Cc1cc(C#N)ccc1CNC(C)(C)C(C)(C)O. The number of aliphatic hydroxyl groups is 1. The van der Waals surface area contributed by atoms with Gasteiger partial charge in [-0.05, 0) is 57.9 Å². The van der Waals surface area contributed by atoms with Gasteiger partial charge < -0.3 is 10.4 Å². The van der Waals surface area contributed by atoms with E-state index in [0.29, 0.717) is 12.1 Å². The van der Waals surface area contributed by atoms with Crippen molar-refractivity contribution in [3.05, 3.63) is 34.9 Å². The fourth-order valence-electron chi connectivity index (χ4n) is 1.50. The molecule has 3 nitrogen and oxygen atoms in total. The van der Waals surface area contributed by atoms with Gasteiger partial charge in [0, 0.05) is 12.1 Å². The molecule has 0 aliphatic carbocycles. The fraction of sp³-hybridized carbons (Fsp3) is 0.533. The maximum Gasteiger partial charge on any atom is 0.0991 e. The van der Waals surface area contributed by atoms with Crippen molar-refractivity contribution >= 4 is 0 Å². The van der Waals surface area contributed by atoms with E-state index in [2.05, 4.69) is 11.4 Å². The molecular formula is C15H22N2O. The first kappa shape index (κ1) is 14.7. The average Bonchev–Trinajstić information content (AvgIpc) is 2.25. The maximum atomic E-state index is 10.1. The van der Waals surface area contributed by atoms with E-state index in [9.17, 15) is 5.11 Å². The predicted octanol–water partition coefficient (Wildman–Crippen LogP) is 2.51. The van der Waals surface area contributed by atoms with Crippen LogP contribution in [-0.4, -0.2) is 16.2 Å². The number of nitrogens with one attached hydrogen (secondary N) is 1. The van der Waals surface area contributed by atoms with E-state index in [0.717, 1.165) is 11.1 Å². The molecule has 0 aliphatic rings. The van der Waals surface area contributed by atoms with Crippen LogP contribution in [0.3, 0.4) is 0 Å². The molecule has 0 bridgehead atoms. The van der Waals surface area contributed by atoms with Crippen molar-refractivity contribution < 1.29 is 5.11 Å². The third-order valence-corrected chi connectivity index (χ3v) is 3.72. The normalized spacial score (nSPS) is 12.3. The van der Waals surface area contributed by atoms with E-state index < -0.39 is 5.60 Å². The van der Waals surface area contributed by atoms with Crippen molar-refractivity contribution in [1.29, 1.82) is 5.26 Å². The Bertz CT molecular complexity index is 464. The van der Waals surface area contributed by atoms with E-state index >= 15 is 0 Å². The fourth-order valence-corrected chi connectivity index (χ4v) is 1.50. The number of benzene rings is 1. The highest BCUT2D eigenvalue weighted by molar-refractivity contribution is 5.37. The molecule has 0 unspecified atom stereocenters. The Kier molecular flexibility index (Phi) is 4.16. The van der Waals surface area contributed by atoms with Gasteiger partial charge in [-0.3, -0.25) is 0 Å². The van der Waals surface area contributed by atoms with Gasteiger partial charge in [-0.2, -0.15) is 5.26 Å². The van der Waals surface area contributed by atoms with Gasteiger partial charge in [0.25, 0.3) is 0 Å². The van der Waals surface area contributed by atoms with Crippen molar-refractivity contribution in [3.63, 3.8) is 0 Å². The van der Waals surface area contributed by atoms with Crippen LogP contribution < -0.4 is 5.32 Å². The Hall–Kier alpha value is -1.37. The minimum absolute atomic E-state index is 0.382. The quantitative estimate of drug-likeness (QED) is 0.858. The first-order valence-corrected chi connectivity index (χ1v) is 6.14. The van der Waals surface area contributed by atoms with Crippen LogP contribution >= 0.6 is 0 Å². The summed E-state index contributed by atoms with van der Waals surface area (Å²) in [6.07, 6.45) is 0. The van der Waals surface area contributed by atoms with Gasteiger partial charge in [0.1, 0.15) is 0 Å². The lowest BCUT2D eigenvalue weighted by Gasteiger charge is -2.38. The summed E-state index contributed by atoms with van der Waals surface area (Å²) in [4.78, 5) is 0. The molecule has 0 aromatic heterocycles. The lowest BCUT2D eigenvalue weighted by atomic mass is 9.85. The Balaban J connectivity index is 2.79. The van der Waals surface area contributed by atoms with Crippen LogP contribution in [0.5, 0.6) is 0 Å². The highest BCUT2D eigenvalue weighted by Crippen LogP contribution is 2.21. The molecule has 0 amide bonds. The average molecular weight is 246 g/mol. The summed E-state index contributed by atoms with van der Waals surface area (Å²) in [6, 6.07) is 7.79. The topological polar surface area (TPSA) is 56.0 Å². The van der Waals surface area contributed by atoms with Crippen molar-refractivity contribution in [2.45, 2.75) is 52.3 Å². The van der Waals surface area contributed by atoms with Crippen LogP contribution in [0.4, 0.5) is 0 Å². The lowest BCUT2D eigenvalue weighted by molar-refractivity contribution is -0.00534. The molecule has 0 radical (unpaired) electrons. The zero-order valence-corrected chi connectivity index (χ0v) is 11.8. The highest BCUT2D eigenvalue weighted by atomic mass is 16.3. The minimum atomic E-state index is -0.798. The molecular weight excluding hydrogens is 224 g/mol. The predicted molar refractivity (Wildman–Crippen MR) is 73.1 cm³/mol. The van der Waals surface area contributed by atoms with Gasteiger partial charge in [-0.25, -0.2) is 0 Å². The van der Waals surface area contributed by atoms with E-state index in [1.165, 1.54) is 0 Å². The van der Waals surface area contributed by atoms with Gasteiger partial charge in [0.2, 0.25) is 0 Å². The highest BCUT2D eigenvalue weighted by Gasteiger charge is 2.34. The zero-order chi connectivity index (χ0) is 14.0. The van der Waals surface area contributed by atoms with Crippen LogP contribution in [0.1, 0.15) is 44.4 Å². The molecule has 98 valence electrons. The molecule has 0 spiro atoms. The summed E-state index contributed by atoms with van der Waals surface area (Å²) in [6.45, 7) is 10.2. The van der Waals surface area contributed by atoms with Crippen molar-refractivity contribution in [3.8, 4) is 6.07 Å². The Labute approximate surface area is 109 Å². The first-order valence-electron chi connectivity index (χ1n) is 6.14. The van der Waals surface area contributed by atoms with E-state index in [1.807, 2.05) is 39.0 Å². The second-order valence-electron chi connectivity index (χ2n) is 5.79. The molecule has 18 heavy (non-hydrogen) atoms. The third kappa shape index (κ3) is 3.32. The standard InChI is InChI=1S/C15H22N2O/c1-11-8-12(9-16)6-7-13(11)10-17-14(2,3)15(4,5)18/h6-8,17-18H,10H2,1-5H3. The molecule has 0 saturated heterocycles. The van der Waals surface area contributed by atoms with Crippen molar-refractivity contribution in [1.82, 2.24) is 5.32 Å². The third-order valence-electron chi connectivity index (χ3n) is 3.72. The molecule has 0 heterocycles. The number of rotatable bonds is 4. The monoisotopic (exact) mass is 246 g/mol. The number of hydrogen-bond acceptors (Lipinski definition) is 3. The van der Waals surface area contributed by atoms with Crippen LogP contribution in [-0.2, 0) is 6.54 Å². The minimum Gasteiger partial charge on any atom is -0.389 e. The summed E-state index contributed by atoms with van der Waals surface area (Å²) >= 11 is 0. The summed E-state index contributed by atoms with van der Waals surface area (Å²) < 4.78 is 0. The summed E-state index contributed by atoms with van der Waals surface area (Å²) in [7, 11) is 0. The smallest absolute Gasteiger partial charge is 0.0991 e. The van der Waals surface area contributed by atoms with Gasteiger partial charge in [0.15, 0.2) is 0 Å². The molecule has 0 saturated carbocycles. The van der Waals surface area contributed by atoms with Crippen LogP contribution in [0.15, 0.2) is 18.2 Å². The lowest BCUT2D eigenvalue weighted by Crippen LogP contribution is -2.55. The van der Waals surface area contributed by atoms with Crippen molar-refractivity contribution in [2.75, 3.05) is 0 Å².